The Balaban J connectivity index is 1.68. The monoisotopic (exact) mass is 457 g/mol. The first kappa shape index (κ1) is 24.6. The van der Waals surface area contributed by atoms with Crippen molar-refractivity contribution in [2.75, 3.05) is 13.6 Å². The van der Waals surface area contributed by atoms with Gasteiger partial charge in [-0.1, -0.05) is 19.4 Å². The van der Waals surface area contributed by atoms with E-state index in [4.69, 9.17) is 9.47 Å². The van der Waals surface area contributed by atoms with E-state index in [9.17, 15) is 14.7 Å². The molecule has 1 saturated carbocycles. The minimum absolute atomic E-state index is 0.0811. The summed E-state index contributed by atoms with van der Waals surface area (Å²) < 4.78 is 13.4. The highest BCUT2D eigenvalue weighted by Crippen LogP contribution is 2.32. The van der Waals surface area contributed by atoms with Crippen molar-refractivity contribution in [3.05, 3.63) is 35.7 Å². The number of hydrogen-bond acceptors (Lipinski definition) is 5. The van der Waals surface area contributed by atoms with Crippen molar-refractivity contribution in [2.45, 2.75) is 65.1 Å². The molecule has 8 heteroatoms. The first-order valence-electron chi connectivity index (χ1n) is 11.7. The van der Waals surface area contributed by atoms with E-state index < -0.39 is 5.97 Å². The number of hydrogen-bond donors (Lipinski definition) is 1. The van der Waals surface area contributed by atoms with E-state index in [0.29, 0.717) is 13.0 Å². The third-order valence-electron chi connectivity index (χ3n) is 6.31. The van der Waals surface area contributed by atoms with E-state index in [1.54, 1.807) is 22.8 Å². The van der Waals surface area contributed by atoms with Gasteiger partial charge in [-0.15, -0.1) is 0 Å². The number of aryl methyl sites for hydroxylation is 2. The molecule has 1 aliphatic carbocycles. The van der Waals surface area contributed by atoms with Crippen LogP contribution in [-0.2, 0) is 23.2 Å². The number of carboxylic acids is 1. The molecule has 0 spiro atoms. The molecular formula is C25H35N3O5. The first-order valence-corrected chi connectivity index (χ1v) is 11.7. The van der Waals surface area contributed by atoms with Crippen molar-refractivity contribution >= 4 is 12.1 Å². The maximum absolute atomic E-state index is 12.3. The number of nitrogens with zero attached hydrogens (tertiary/aromatic N) is 3. The highest BCUT2D eigenvalue weighted by atomic mass is 16.6. The lowest BCUT2D eigenvalue weighted by Crippen LogP contribution is -2.29. The molecule has 2 aromatic rings. The summed E-state index contributed by atoms with van der Waals surface area (Å²) in [6, 6.07) is 5.93. The van der Waals surface area contributed by atoms with E-state index in [1.807, 2.05) is 32.2 Å². The van der Waals surface area contributed by atoms with Gasteiger partial charge in [0.25, 0.3) is 0 Å². The minimum atomic E-state index is -0.739. The number of amides is 1. The molecule has 33 heavy (non-hydrogen) atoms. The van der Waals surface area contributed by atoms with Crippen LogP contribution >= 0.6 is 0 Å². The SMILES string of the molecule is CCCCN(C)C(=O)OCc1c(-c2ccc(O[C@H]3CCC[C@H](C(=O)O)C3)c(C)c2)cnn1C. The number of unbranched alkanes of at least 4 members (excludes halogenated alkanes) is 1. The van der Waals surface area contributed by atoms with Crippen molar-refractivity contribution in [1.29, 1.82) is 0 Å². The zero-order valence-corrected chi connectivity index (χ0v) is 20.0. The largest absolute Gasteiger partial charge is 0.490 e. The molecule has 0 aliphatic heterocycles. The van der Waals surface area contributed by atoms with Gasteiger partial charge in [0.05, 0.1) is 23.9 Å². The lowest BCUT2D eigenvalue weighted by Gasteiger charge is -2.28. The van der Waals surface area contributed by atoms with Gasteiger partial charge < -0.3 is 19.5 Å². The van der Waals surface area contributed by atoms with Crippen molar-refractivity contribution in [1.82, 2.24) is 14.7 Å². The van der Waals surface area contributed by atoms with Gasteiger partial charge in [0.15, 0.2) is 0 Å². The molecular weight excluding hydrogens is 422 g/mol. The van der Waals surface area contributed by atoms with Crippen LogP contribution in [0.4, 0.5) is 4.79 Å². The second kappa shape index (κ2) is 11.2. The predicted molar refractivity (Wildman–Crippen MR) is 125 cm³/mol. The summed E-state index contributed by atoms with van der Waals surface area (Å²) in [5, 5.41) is 13.7. The molecule has 1 aromatic heterocycles. The van der Waals surface area contributed by atoms with Gasteiger partial charge in [-0.05, 0) is 62.3 Å². The Kier molecular flexibility index (Phi) is 8.36. The summed E-state index contributed by atoms with van der Waals surface area (Å²) >= 11 is 0. The summed E-state index contributed by atoms with van der Waals surface area (Å²) in [7, 11) is 3.58. The molecule has 1 aromatic carbocycles. The maximum Gasteiger partial charge on any atom is 0.409 e. The highest BCUT2D eigenvalue weighted by molar-refractivity contribution is 5.70. The van der Waals surface area contributed by atoms with Gasteiger partial charge in [0, 0.05) is 26.2 Å². The van der Waals surface area contributed by atoms with Gasteiger partial charge in [-0.25, -0.2) is 4.79 Å². The Morgan fingerprint density at radius 2 is 2.09 bits per heavy atom. The number of ether oxygens (including phenoxy) is 2. The predicted octanol–water partition coefficient (Wildman–Crippen LogP) is 4.79. The normalized spacial score (nSPS) is 18.1. The number of benzene rings is 1. The zero-order chi connectivity index (χ0) is 24.0. The van der Waals surface area contributed by atoms with Crippen LogP contribution < -0.4 is 4.74 Å². The third-order valence-corrected chi connectivity index (χ3v) is 6.31. The Bertz CT molecular complexity index is 971. The lowest BCUT2D eigenvalue weighted by atomic mass is 9.87. The minimum Gasteiger partial charge on any atom is -0.490 e. The molecule has 8 nitrogen and oxygen atoms in total. The van der Waals surface area contributed by atoms with Crippen LogP contribution in [0.25, 0.3) is 11.1 Å². The molecule has 1 fully saturated rings. The summed E-state index contributed by atoms with van der Waals surface area (Å²) in [6.07, 6.45) is 6.30. The maximum atomic E-state index is 12.3. The van der Waals surface area contributed by atoms with E-state index >= 15 is 0 Å². The number of rotatable bonds is 9. The van der Waals surface area contributed by atoms with Gasteiger partial charge in [0.2, 0.25) is 0 Å². The molecule has 0 saturated heterocycles. The summed E-state index contributed by atoms with van der Waals surface area (Å²) in [6.45, 7) is 4.87. The van der Waals surface area contributed by atoms with Crippen LogP contribution in [-0.4, -0.2) is 51.5 Å². The Labute approximate surface area is 195 Å². The lowest BCUT2D eigenvalue weighted by molar-refractivity contribution is -0.143. The second-order valence-corrected chi connectivity index (χ2v) is 8.88. The van der Waals surface area contributed by atoms with Gasteiger partial charge >= 0.3 is 12.1 Å². The quantitative estimate of drug-likeness (QED) is 0.582. The Hall–Kier alpha value is -3.03. The van der Waals surface area contributed by atoms with Crippen LogP contribution in [0.3, 0.4) is 0 Å². The molecule has 0 bridgehead atoms. The molecule has 0 unspecified atom stereocenters. The Morgan fingerprint density at radius 1 is 1.30 bits per heavy atom. The van der Waals surface area contributed by atoms with E-state index in [0.717, 1.165) is 60.2 Å². The fraction of sp³-hybridized carbons (Fsp3) is 0.560. The summed E-state index contributed by atoms with van der Waals surface area (Å²) in [5.74, 6) is -0.300. The smallest absolute Gasteiger partial charge is 0.409 e. The van der Waals surface area contributed by atoms with E-state index in [1.165, 1.54) is 0 Å². The summed E-state index contributed by atoms with van der Waals surface area (Å²) in [4.78, 5) is 25.2. The van der Waals surface area contributed by atoms with Crippen molar-refractivity contribution < 1.29 is 24.2 Å². The second-order valence-electron chi connectivity index (χ2n) is 8.88. The van der Waals surface area contributed by atoms with Crippen LogP contribution in [0.5, 0.6) is 5.75 Å². The fourth-order valence-corrected chi connectivity index (χ4v) is 4.21. The molecule has 2 atom stereocenters. The van der Waals surface area contributed by atoms with Crippen LogP contribution in [0.1, 0.15) is 56.7 Å². The van der Waals surface area contributed by atoms with Crippen molar-refractivity contribution in [2.24, 2.45) is 13.0 Å². The molecule has 1 N–H and O–H groups in total. The number of aliphatic carboxylic acids is 1. The van der Waals surface area contributed by atoms with Gasteiger partial charge in [0.1, 0.15) is 12.4 Å². The number of carboxylic acid groups (broad SMARTS) is 1. The van der Waals surface area contributed by atoms with Gasteiger partial charge in [-0.3, -0.25) is 9.48 Å². The highest BCUT2D eigenvalue weighted by Gasteiger charge is 2.28. The Morgan fingerprint density at radius 3 is 2.79 bits per heavy atom. The van der Waals surface area contributed by atoms with Gasteiger partial charge in [-0.2, -0.15) is 5.10 Å². The number of aromatic nitrogens is 2. The number of carbonyl (C=O) groups is 2. The molecule has 180 valence electrons. The van der Waals surface area contributed by atoms with Crippen LogP contribution in [0, 0.1) is 12.8 Å². The molecule has 1 amide bonds. The average molecular weight is 458 g/mol. The van der Waals surface area contributed by atoms with Crippen molar-refractivity contribution in [3.63, 3.8) is 0 Å². The van der Waals surface area contributed by atoms with Crippen molar-refractivity contribution in [3.8, 4) is 16.9 Å². The molecule has 1 aliphatic rings. The first-order chi connectivity index (χ1) is 15.8. The molecule has 0 radical (unpaired) electrons. The van der Waals surface area contributed by atoms with Crippen LogP contribution in [0.15, 0.2) is 24.4 Å². The number of carbonyl (C=O) groups excluding carboxylic acids is 1. The van der Waals surface area contributed by atoms with Crippen LogP contribution in [0.2, 0.25) is 0 Å². The van der Waals surface area contributed by atoms with E-state index in [2.05, 4.69) is 12.0 Å². The average Bonchev–Trinajstić information content (AvgIpc) is 3.17. The fourth-order valence-electron chi connectivity index (χ4n) is 4.21. The topological polar surface area (TPSA) is 93.9 Å². The third kappa shape index (κ3) is 6.27. The molecule has 3 rings (SSSR count). The molecule has 1 heterocycles. The van der Waals surface area contributed by atoms with E-state index in [-0.39, 0.29) is 24.7 Å². The summed E-state index contributed by atoms with van der Waals surface area (Å²) in [5.41, 5.74) is 3.65. The standard InChI is InChI=1S/C25H35N3O5/c1-5-6-12-27(3)25(31)32-16-22-21(15-26-28(22)4)18-10-11-23(17(2)13-18)33-20-9-7-8-19(14-20)24(29)30/h10-11,13,15,19-20H,5-9,12,14,16H2,1-4H3,(H,29,30)/t19-,20-/m0/s1. The zero-order valence-electron chi connectivity index (χ0n) is 20.0.